The van der Waals surface area contributed by atoms with Gasteiger partial charge in [-0.2, -0.15) is 0 Å². The third-order valence-corrected chi connectivity index (χ3v) is 3.99. The summed E-state index contributed by atoms with van der Waals surface area (Å²) in [6, 6.07) is 0. The lowest BCUT2D eigenvalue weighted by molar-refractivity contribution is 0.279. The molecule has 10 heavy (non-hydrogen) atoms. The molecular formula is C6H15O3P. The molecule has 0 aromatic heterocycles. The second-order valence-corrected chi connectivity index (χ2v) is 5.41. The van der Waals surface area contributed by atoms with Gasteiger partial charge in [0.2, 0.25) is 7.37 Å². The minimum Gasteiger partial charge on any atom is -0.386 e. The summed E-state index contributed by atoms with van der Waals surface area (Å²) in [4.78, 5) is 0. The summed E-state index contributed by atoms with van der Waals surface area (Å²) in [6.45, 7) is 5.74. The number of rotatable bonds is 4. The lowest BCUT2D eigenvalue weighted by Crippen LogP contribution is -2.05. The molecule has 0 rings (SSSR count). The van der Waals surface area contributed by atoms with Crippen LogP contribution in [0.2, 0.25) is 0 Å². The first kappa shape index (κ1) is 10.2. The standard InChI is InChI=1S/C6H15O3P/c1-4-9-10(8,5-7)6(2)3/h6-7H,4-5H2,1-3H3. The summed E-state index contributed by atoms with van der Waals surface area (Å²) in [5.41, 5.74) is -0.0857. The highest BCUT2D eigenvalue weighted by molar-refractivity contribution is 7.59. The number of hydrogen-bond donors (Lipinski definition) is 1. The molecule has 0 aliphatic heterocycles. The monoisotopic (exact) mass is 166 g/mol. The zero-order valence-corrected chi connectivity index (χ0v) is 7.60. The van der Waals surface area contributed by atoms with Crippen molar-refractivity contribution in [3.8, 4) is 0 Å². The average Bonchev–Trinajstić information content (AvgIpc) is 1.88. The second-order valence-electron chi connectivity index (χ2n) is 2.38. The van der Waals surface area contributed by atoms with Crippen molar-refractivity contribution in [3.05, 3.63) is 0 Å². The molecule has 0 bridgehead atoms. The van der Waals surface area contributed by atoms with Crippen LogP contribution in [0.25, 0.3) is 0 Å². The summed E-state index contributed by atoms with van der Waals surface area (Å²) in [5.74, 6) is 0. The van der Waals surface area contributed by atoms with Crippen molar-refractivity contribution in [3.63, 3.8) is 0 Å². The highest BCUT2D eigenvalue weighted by Crippen LogP contribution is 2.50. The molecule has 0 saturated heterocycles. The molecule has 0 spiro atoms. The molecule has 0 aliphatic carbocycles. The summed E-state index contributed by atoms with van der Waals surface area (Å²) in [5, 5.41) is 8.70. The third-order valence-electron chi connectivity index (χ3n) is 1.33. The predicted octanol–water partition coefficient (Wildman–Crippen LogP) is 1.66. The van der Waals surface area contributed by atoms with Crippen molar-refractivity contribution in [2.75, 3.05) is 13.0 Å². The maximum absolute atomic E-state index is 11.4. The van der Waals surface area contributed by atoms with Gasteiger partial charge in [0.1, 0.15) is 6.35 Å². The van der Waals surface area contributed by atoms with Crippen LogP contribution in [-0.2, 0) is 9.09 Å². The molecule has 0 aromatic carbocycles. The normalized spacial score (nSPS) is 17.3. The van der Waals surface area contributed by atoms with Crippen molar-refractivity contribution in [1.29, 1.82) is 0 Å². The van der Waals surface area contributed by atoms with Crippen LogP contribution in [0.15, 0.2) is 0 Å². The maximum Gasteiger partial charge on any atom is 0.230 e. The number of aliphatic hydroxyl groups excluding tert-OH is 1. The Kier molecular flexibility index (Phi) is 4.18. The Labute approximate surface area is 61.8 Å². The average molecular weight is 166 g/mol. The fourth-order valence-corrected chi connectivity index (χ4v) is 1.72. The van der Waals surface area contributed by atoms with Crippen LogP contribution in [0, 0.1) is 0 Å². The molecule has 0 amide bonds. The van der Waals surface area contributed by atoms with Crippen LogP contribution >= 0.6 is 7.37 Å². The SMILES string of the molecule is CCOP(=O)(CO)C(C)C. The van der Waals surface area contributed by atoms with Crippen molar-refractivity contribution in [2.24, 2.45) is 0 Å². The lowest BCUT2D eigenvalue weighted by Gasteiger charge is -2.18. The van der Waals surface area contributed by atoms with Crippen LogP contribution in [-0.4, -0.2) is 23.7 Å². The van der Waals surface area contributed by atoms with E-state index in [1.807, 2.05) is 0 Å². The predicted molar refractivity (Wildman–Crippen MR) is 41.5 cm³/mol. The van der Waals surface area contributed by atoms with Gasteiger partial charge in [-0.1, -0.05) is 13.8 Å². The zero-order valence-electron chi connectivity index (χ0n) is 6.70. The molecular weight excluding hydrogens is 151 g/mol. The van der Waals surface area contributed by atoms with Gasteiger partial charge in [-0.3, -0.25) is 4.57 Å². The highest BCUT2D eigenvalue weighted by Gasteiger charge is 2.25. The summed E-state index contributed by atoms with van der Waals surface area (Å²) < 4.78 is 16.4. The van der Waals surface area contributed by atoms with Gasteiger partial charge in [0, 0.05) is 5.66 Å². The Morgan fingerprint density at radius 3 is 2.20 bits per heavy atom. The smallest absolute Gasteiger partial charge is 0.230 e. The summed E-state index contributed by atoms with van der Waals surface area (Å²) >= 11 is 0. The molecule has 3 nitrogen and oxygen atoms in total. The Balaban J connectivity index is 4.10. The maximum atomic E-state index is 11.4. The molecule has 1 atom stereocenters. The molecule has 0 aliphatic rings. The lowest BCUT2D eigenvalue weighted by atomic mass is 10.6. The first-order valence-electron chi connectivity index (χ1n) is 3.41. The third kappa shape index (κ3) is 2.41. The van der Waals surface area contributed by atoms with E-state index in [1.165, 1.54) is 0 Å². The molecule has 62 valence electrons. The van der Waals surface area contributed by atoms with E-state index in [0.29, 0.717) is 6.61 Å². The van der Waals surface area contributed by atoms with E-state index < -0.39 is 7.37 Å². The quantitative estimate of drug-likeness (QED) is 0.646. The van der Waals surface area contributed by atoms with Crippen molar-refractivity contribution >= 4 is 7.37 Å². The van der Waals surface area contributed by atoms with E-state index in [0.717, 1.165) is 0 Å². The van der Waals surface area contributed by atoms with Crippen LogP contribution in [0.5, 0.6) is 0 Å². The largest absolute Gasteiger partial charge is 0.386 e. The molecule has 0 fully saturated rings. The van der Waals surface area contributed by atoms with Crippen LogP contribution < -0.4 is 0 Å². The fourth-order valence-electron chi connectivity index (χ4n) is 0.572. The molecule has 1 unspecified atom stereocenters. The van der Waals surface area contributed by atoms with E-state index in [2.05, 4.69) is 0 Å². The Morgan fingerprint density at radius 1 is 1.60 bits per heavy atom. The topological polar surface area (TPSA) is 46.5 Å². The van der Waals surface area contributed by atoms with Crippen molar-refractivity contribution < 1.29 is 14.2 Å². The van der Waals surface area contributed by atoms with Crippen molar-refractivity contribution in [2.45, 2.75) is 26.4 Å². The summed E-state index contributed by atoms with van der Waals surface area (Å²) in [6.07, 6.45) is -0.349. The van der Waals surface area contributed by atoms with Crippen LogP contribution in [0.4, 0.5) is 0 Å². The van der Waals surface area contributed by atoms with E-state index in [1.54, 1.807) is 20.8 Å². The van der Waals surface area contributed by atoms with Gasteiger partial charge >= 0.3 is 0 Å². The molecule has 0 saturated carbocycles. The molecule has 0 aromatic rings. The van der Waals surface area contributed by atoms with Gasteiger partial charge < -0.3 is 9.63 Å². The van der Waals surface area contributed by atoms with Crippen LogP contribution in [0.1, 0.15) is 20.8 Å². The van der Waals surface area contributed by atoms with Gasteiger partial charge in [0.15, 0.2) is 0 Å². The number of aliphatic hydroxyl groups is 1. The first-order chi connectivity index (χ1) is 4.56. The van der Waals surface area contributed by atoms with Gasteiger partial charge in [-0.05, 0) is 6.92 Å². The van der Waals surface area contributed by atoms with Crippen LogP contribution in [0.3, 0.4) is 0 Å². The van der Waals surface area contributed by atoms with E-state index in [9.17, 15) is 4.57 Å². The Hall–Kier alpha value is 0.150. The van der Waals surface area contributed by atoms with Crippen molar-refractivity contribution in [1.82, 2.24) is 0 Å². The molecule has 0 radical (unpaired) electrons. The highest BCUT2D eigenvalue weighted by atomic mass is 31.2. The van der Waals surface area contributed by atoms with Gasteiger partial charge in [0.25, 0.3) is 0 Å². The van der Waals surface area contributed by atoms with Gasteiger partial charge in [0.05, 0.1) is 6.61 Å². The zero-order chi connectivity index (χ0) is 8.20. The van der Waals surface area contributed by atoms with E-state index >= 15 is 0 Å². The first-order valence-corrected chi connectivity index (χ1v) is 5.29. The second kappa shape index (κ2) is 4.12. The van der Waals surface area contributed by atoms with E-state index in [4.69, 9.17) is 9.63 Å². The Bertz CT molecular complexity index is 133. The minimum atomic E-state index is -2.72. The number of hydrogen-bond acceptors (Lipinski definition) is 3. The molecule has 1 N–H and O–H groups in total. The molecule has 4 heteroatoms. The molecule has 0 heterocycles. The Morgan fingerprint density at radius 2 is 2.10 bits per heavy atom. The van der Waals surface area contributed by atoms with Gasteiger partial charge in [-0.25, -0.2) is 0 Å². The summed E-state index contributed by atoms with van der Waals surface area (Å²) in [7, 11) is -2.72. The fraction of sp³-hybridized carbons (Fsp3) is 1.00. The van der Waals surface area contributed by atoms with Gasteiger partial charge in [-0.15, -0.1) is 0 Å². The minimum absolute atomic E-state index is 0.0857. The van der Waals surface area contributed by atoms with E-state index in [-0.39, 0.29) is 12.0 Å².